The lowest BCUT2D eigenvalue weighted by atomic mass is 9.84. The number of nitrogens with one attached hydrogen (secondary N) is 1. The molecule has 0 amide bonds. The maximum atomic E-state index is 12.3. The molecule has 2 atom stereocenters. The lowest BCUT2D eigenvalue weighted by Gasteiger charge is -2.37. The summed E-state index contributed by atoms with van der Waals surface area (Å²) in [5, 5.41) is 3.47. The van der Waals surface area contributed by atoms with E-state index in [0.717, 1.165) is 36.1 Å². The van der Waals surface area contributed by atoms with Crippen LogP contribution in [0.5, 0.6) is 0 Å². The van der Waals surface area contributed by atoms with Gasteiger partial charge in [-0.2, -0.15) is 0 Å². The number of aromatic nitrogens is 1. The first-order chi connectivity index (χ1) is 8.20. The van der Waals surface area contributed by atoms with Crippen molar-refractivity contribution >= 4 is 15.9 Å². The Balaban J connectivity index is 2.18. The Morgan fingerprint density at radius 1 is 1.53 bits per heavy atom. The van der Waals surface area contributed by atoms with E-state index in [0.29, 0.717) is 11.8 Å². The largest absolute Gasteiger partial charge is 0.316 e. The number of halogens is 1. The molecular formula is C13H17BrN2O. The molecule has 2 aliphatic heterocycles. The highest BCUT2D eigenvalue weighted by atomic mass is 79.9. The molecule has 4 heteroatoms. The van der Waals surface area contributed by atoms with Crippen molar-refractivity contribution < 1.29 is 0 Å². The Kier molecular flexibility index (Phi) is 2.87. The van der Waals surface area contributed by atoms with E-state index in [2.05, 4.69) is 34.2 Å². The molecule has 1 aromatic heterocycles. The molecular weight excluding hydrogens is 280 g/mol. The first-order valence-corrected chi connectivity index (χ1v) is 7.12. The molecule has 0 saturated carbocycles. The van der Waals surface area contributed by atoms with Crippen LogP contribution in [0, 0.1) is 5.92 Å². The second-order valence-electron chi connectivity index (χ2n) is 5.13. The molecule has 2 bridgehead atoms. The first-order valence-electron chi connectivity index (χ1n) is 6.33. The number of nitrogens with zero attached hydrogens (tertiary/aromatic N) is 1. The molecule has 2 aliphatic rings. The topological polar surface area (TPSA) is 34.0 Å². The molecule has 92 valence electrons. The average Bonchev–Trinajstić information content (AvgIpc) is 2.35. The Hall–Kier alpha value is -0.610. The minimum Gasteiger partial charge on any atom is -0.316 e. The van der Waals surface area contributed by atoms with Crippen molar-refractivity contribution in [1.82, 2.24) is 9.88 Å². The number of hydrogen-bond acceptors (Lipinski definition) is 2. The summed E-state index contributed by atoms with van der Waals surface area (Å²) < 4.78 is 2.75. The summed E-state index contributed by atoms with van der Waals surface area (Å²) in [4.78, 5) is 12.3. The van der Waals surface area contributed by atoms with Crippen LogP contribution in [0.15, 0.2) is 15.3 Å². The van der Waals surface area contributed by atoms with Gasteiger partial charge in [0.2, 0.25) is 0 Å². The fraction of sp³-hybridized carbons (Fsp3) is 0.615. The minimum absolute atomic E-state index is 0.163. The molecule has 0 spiro atoms. The lowest BCUT2D eigenvalue weighted by molar-refractivity contribution is 0.256. The number of pyridine rings is 1. The zero-order valence-corrected chi connectivity index (χ0v) is 11.6. The molecule has 17 heavy (non-hydrogen) atoms. The Labute approximate surface area is 109 Å². The third-order valence-electron chi connectivity index (χ3n) is 4.03. The van der Waals surface area contributed by atoms with Crippen LogP contribution in [-0.4, -0.2) is 17.7 Å². The molecule has 1 fully saturated rings. The van der Waals surface area contributed by atoms with Crippen LogP contribution in [0.4, 0.5) is 0 Å². The van der Waals surface area contributed by atoms with Crippen molar-refractivity contribution in [2.75, 3.05) is 13.1 Å². The second-order valence-corrected chi connectivity index (χ2v) is 5.93. The molecule has 1 aromatic rings. The van der Waals surface area contributed by atoms with Gasteiger partial charge >= 0.3 is 0 Å². The van der Waals surface area contributed by atoms with Crippen molar-refractivity contribution in [2.45, 2.75) is 32.2 Å². The molecule has 1 N–H and O–H groups in total. The van der Waals surface area contributed by atoms with Crippen molar-refractivity contribution in [3.8, 4) is 0 Å². The van der Waals surface area contributed by atoms with E-state index in [9.17, 15) is 4.79 Å². The molecule has 1 saturated heterocycles. The zero-order valence-electron chi connectivity index (χ0n) is 10.0. The van der Waals surface area contributed by atoms with Gasteiger partial charge in [-0.25, -0.2) is 0 Å². The van der Waals surface area contributed by atoms with Gasteiger partial charge < -0.3 is 9.88 Å². The Morgan fingerprint density at radius 3 is 3.12 bits per heavy atom. The summed E-state index contributed by atoms with van der Waals surface area (Å²) >= 11 is 3.45. The van der Waals surface area contributed by atoms with Crippen molar-refractivity contribution in [3.05, 3.63) is 32.2 Å². The van der Waals surface area contributed by atoms with Crippen LogP contribution >= 0.6 is 15.9 Å². The van der Waals surface area contributed by atoms with Gasteiger partial charge in [-0.15, -0.1) is 0 Å². The van der Waals surface area contributed by atoms with E-state index in [1.54, 1.807) is 0 Å². The van der Waals surface area contributed by atoms with Crippen LogP contribution in [0.25, 0.3) is 0 Å². The molecule has 3 rings (SSSR count). The molecule has 0 aliphatic carbocycles. The van der Waals surface area contributed by atoms with Crippen molar-refractivity contribution in [2.24, 2.45) is 5.92 Å². The van der Waals surface area contributed by atoms with Gasteiger partial charge in [-0.3, -0.25) is 4.79 Å². The number of rotatable bonds is 1. The highest BCUT2D eigenvalue weighted by molar-refractivity contribution is 9.10. The average molecular weight is 297 g/mol. The zero-order chi connectivity index (χ0) is 12.0. The van der Waals surface area contributed by atoms with Gasteiger partial charge in [0.05, 0.1) is 4.47 Å². The van der Waals surface area contributed by atoms with Gasteiger partial charge in [0, 0.05) is 24.7 Å². The van der Waals surface area contributed by atoms with Crippen LogP contribution < -0.4 is 10.9 Å². The second kappa shape index (κ2) is 4.25. The molecule has 0 aromatic carbocycles. The van der Waals surface area contributed by atoms with Crippen molar-refractivity contribution in [3.63, 3.8) is 0 Å². The summed E-state index contributed by atoms with van der Waals surface area (Å²) in [6.45, 7) is 5.04. The molecule has 0 radical (unpaired) electrons. The number of hydrogen-bond donors (Lipinski definition) is 1. The predicted molar refractivity (Wildman–Crippen MR) is 71.5 cm³/mol. The summed E-state index contributed by atoms with van der Waals surface area (Å²) in [6.07, 6.45) is 2.14. The maximum absolute atomic E-state index is 12.3. The molecule has 0 unspecified atom stereocenters. The van der Waals surface area contributed by atoms with E-state index < -0.39 is 0 Å². The van der Waals surface area contributed by atoms with Crippen LogP contribution in [0.3, 0.4) is 0 Å². The fourth-order valence-corrected chi connectivity index (χ4v) is 3.74. The van der Waals surface area contributed by atoms with Gasteiger partial charge in [-0.1, -0.05) is 6.92 Å². The van der Waals surface area contributed by atoms with Gasteiger partial charge in [0.1, 0.15) is 0 Å². The van der Waals surface area contributed by atoms with E-state index >= 15 is 0 Å². The standard InChI is InChI=1S/C13H17BrN2O/c1-2-9-4-11-10-3-8(5-15-6-10)7-16(11)13(17)12(9)14/h4,8,10,15H,2-3,5-7H2,1H3/t8-,10+/m0/s1. The summed E-state index contributed by atoms with van der Waals surface area (Å²) in [5.41, 5.74) is 2.54. The van der Waals surface area contributed by atoms with E-state index in [4.69, 9.17) is 0 Å². The summed E-state index contributed by atoms with van der Waals surface area (Å²) in [5.74, 6) is 1.15. The van der Waals surface area contributed by atoms with Gasteiger partial charge in [0.15, 0.2) is 0 Å². The highest BCUT2D eigenvalue weighted by Crippen LogP contribution is 2.33. The van der Waals surface area contributed by atoms with Gasteiger partial charge in [0.25, 0.3) is 5.56 Å². The number of fused-ring (bicyclic) bond motifs is 4. The first kappa shape index (κ1) is 11.5. The van der Waals surface area contributed by atoms with Crippen molar-refractivity contribution in [1.29, 1.82) is 0 Å². The number of piperidine rings is 1. The van der Waals surface area contributed by atoms with Crippen LogP contribution in [-0.2, 0) is 13.0 Å². The Morgan fingerprint density at radius 2 is 2.35 bits per heavy atom. The van der Waals surface area contributed by atoms with Crippen LogP contribution in [0.1, 0.15) is 30.5 Å². The summed E-state index contributed by atoms with van der Waals surface area (Å²) in [6, 6.07) is 2.22. The third kappa shape index (κ3) is 1.78. The Bertz CT molecular complexity index is 509. The lowest BCUT2D eigenvalue weighted by Crippen LogP contribution is -2.45. The van der Waals surface area contributed by atoms with E-state index in [-0.39, 0.29) is 5.56 Å². The minimum atomic E-state index is 0.163. The maximum Gasteiger partial charge on any atom is 0.265 e. The SMILES string of the molecule is CCc1cc2n(c(=O)c1Br)C[C@@H]1CNC[C@H]2C1. The van der Waals surface area contributed by atoms with Crippen LogP contribution in [0.2, 0.25) is 0 Å². The van der Waals surface area contributed by atoms with Gasteiger partial charge in [-0.05, 0) is 52.9 Å². The third-order valence-corrected chi connectivity index (χ3v) is 4.88. The normalized spacial score (nSPS) is 26.7. The van der Waals surface area contributed by atoms with E-state index in [1.807, 2.05) is 4.57 Å². The highest BCUT2D eigenvalue weighted by Gasteiger charge is 2.31. The fourth-order valence-electron chi connectivity index (χ4n) is 3.13. The smallest absolute Gasteiger partial charge is 0.265 e. The summed E-state index contributed by atoms with van der Waals surface area (Å²) in [7, 11) is 0. The number of aryl methyl sites for hydroxylation is 1. The monoisotopic (exact) mass is 296 g/mol. The van der Waals surface area contributed by atoms with E-state index in [1.165, 1.54) is 12.1 Å². The predicted octanol–water partition coefficient (Wildman–Crippen LogP) is 1.88. The quantitative estimate of drug-likeness (QED) is 0.859. The molecule has 3 nitrogen and oxygen atoms in total. The molecule has 3 heterocycles.